The van der Waals surface area contributed by atoms with Crippen molar-refractivity contribution in [1.82, 2.24) is 15.2 Å². The Labute approximate surface area is 178 Å². The average molecular weight is 426 g/mol. The van der Waals surface area contributed by atoms with Crippen LogP contribution in [0.15, 0.2) is 59.2 Å². The van der Waals surface area contributed by atoms with Gasteiger partial charge in [-0.25, -0.2) is 9.78 Å². The first-order valence-corrected chi connectivity index (χ1v) is 9.84. The molecule has 2 heterocycles. The number of hydrogen-bond acceptors (Lipinski definition) is 5. The second kappa shape index (κ2) is 7.84. The molecule has 1 fully saturated rings. The van der Waals surface area contributed by atoms with Gasteiger partial charge >= 0.3 is 6.03 Å². The van der Waals surface area contributed by atoms with Gasteiger partial charge in [-0.05, 0) is 36.2 Å². The summed E-state index contributed by atoms with van der Waals surface area (Å²) in [4.78, 5) is 31.5. The van der Waals surface area contributed by atoms with Crippen LogP contribution in [0.5, 0.6) is 5.75 Å². The lowest BCUT2D eigenvalue weighted by atomic mass is 9.87. The summed E-state index contributed by atoms with van der Waals surface area (Å²) in [7, 11) is 1.57. The number of carbonyl (C=O) groups excluding carboxylic acids is 2. The molecule has 1 aliphatic rings. The lowest BCUT2D eigenvalue weighted by Gasteiger charge is -2.25. The highest BCUT2D eigenvalue weighted by Crippen LogP contribution is 2.34. The van der Waals surface area contributed by atoms with Gasteiger partial charge < -0.3 is 14.5 Å². The topological polar surface area (TPSA) is 84.7 Å². The molecule has 1 N–H and O–H groups in total. The van der Waals surface area contributed by atoms with Crippen molar-refractivity contribution in [3.8, 4) is 17.2 Å². The highest BCUT2D eigenvalue weighted by atomic mass is 35.5. The van der Waals surface area contributed by atoms with Crippen molar-refractivity contribution < 1.29 is 18.7 Å². The molecule has 1 aromatic heterocycles. The second-order valence-electron chi connectivity index (χ2n) is 6.93. The Kier molecular flexibility index (Phi) is 5.22. The zero-order chi connectivity index (χ0) is 21.3. The summed E-state index contributed by atoms with van der Waals surface area (Å²) in [6.07, 6.45) is 1.84. The maximum Gasteiger partial charge on any atom is 0.325 e. The van der Waals surface area contributed by atoms with Crippen LogP contribution < -0.4 is 10.1 Å². The molecule has 3 amide bonds. The Hall–Kier alpha value is -3.32. The largest absolute Gasteiger partial charge is 0.497 e. The van der Waals surface area contributed by atoms with Crippen molar-refractivity contribution in [2.75, 3.05) is 7.11 Å². The van der Waals surface area contributed by atoms with E-state index in [0.29, 0.717) is 39.9 Å². The minimum absolute atomic E-state index is 0.00345. The van der Waals surface area contributed by atoms with Crippen molar-refractivity contribution in [1.29, 1.82) is 0 Å². The van der Waals surface area contributed by atoms with Crippen molar-refractivity contribution in [2.45, 2.75) is 25.4 Å². The van der Waals surface area contributed by atoms with Gasteiger partial charge in [0.25, 0.3) is 5.91 Å². The molecule has 0 radical (unpaired) electrons. The zero-order valence-electron chi connectivity index (χ0n) is 16.5. The first-order chi connectivity index (χ1) is 14.5. The summed E-state index contributed by atoms with van der Waals surface area (Å²) in [5, 5.41) is 3.36. The van der Waals surface area contributed by atoms with Gasteiger partial charge in [0.05, 0.1) is 29.9 Å². The molecular formula is C22H20ClN3O4. The van der Waals surface area contributed by atoms with Crippen molar-refractivity contribution in [3.05, 3.63) is 71.1 Å². The fourth-order valence-electron chi connectivity index (χ4n) is 3.58. The number of nitrogens with zero attached hydrogens (tertiary/aromatic N) is 2. The lowest BCUT2D eigenvalue weighted by molar-refractivity contribution is -0.132. The minimum atomic E-state index is -1.13. The van der Waals surface area contributed by atoms with E-state index >= 15 is 0 Å². The van der Waals surface area contributed by atoms with Crippen molar-refractivity contribution in [2.24, 2.45) is 0 Å². The van der Waals surface area contributed by atoms with Crippen LogP contribution in [0.4, 0.5) is 4.79 Å². The Morgan fingerprint density at radius 2 is 1.90 bits per heavy atom. The molecule has 0 aliphatic carbocycles. The molecule has 154 valence electrons. The molecule has 30 heavy (non-hydrogen) atoms. The fraction of sp³-hybridized carbons (Fsp3) is 0.227. The summed E-state index contributed by atoms with van der Waals surface area (Å²) in [6.45, 7) is 1.86. The third-order valence-corrected chi connectivity index (χ3v) is 5.59. The van der Waals surface area contributed by atoms with Crippen LogP contribution >= 0.6 is 11.6 Å². The maximum atomic E-state index is 13.3. The maximum absolute atomic E-state index is 13.3. The monoisotopic (exact) mass is 425 g/mol. The Morgan fingerprint density at radius 1 is 1.17 bits per heavy atom. The van der Waals surface area contributed by atoms with E-state index in [2.05, 4.69) is 10.3 Å². The molecular weight excluding hydrogens is 406 g/mol. The van der Waals surface area contributed by atoms with Crippen LogP contribution in [0, 0.1) is 0 Å². The van der Waals surface area contributed by atoms with Gasteiger partial charge in [-0.15, -0.1) is 0 Å². The van der Waals surface area contributed by atoms with E-state index in [-0.39, 0.29) is 12.5 Å². The van der Waals surface area contributed by atoms with Crippen LogP contribution in [0.3, 0.4) is 0 Å². The van der Waals surface area contributed by atoms with Gasteiger partial charge in [0, 0.05) is 0 Å². The number of urea groups is 1. The number of imide groups is 1. The number of rotatable bonds is 6. The van der Waals surface area contributed by atoms with E-state index in [9.17, 15) is 9.59 Å². The number of aromatic nitrogens is 1. The van der Waals surface area contributed by atoms with Crippen molar-refractivity contribution in [3.63, 3.8) is 0 Å². The highest BCUT2D eigenvalue weighted by molar-refractivity contribution is 6.33. The number of carbonyl (C=O) groups is 2. The number of methoxy groups -OCH3 is 1. The van der Waals surface area contributed by atoms with E-state index in [1.165, 1.54) is 6.26 Å². The van der Waals surface area contributed by atoms with Gasteiger partial charge in [-0.2, -0.15) is 0 Å². The Bertz CT molecular complexity index is 1100. The number of hydrogen-bond donors (Lipinski definition) is 1. The number of ether oxygens (including phenoxy) is 1. The Morgan fingerprint density at radius 3 is 2.57 bits per heavy atom. The quantitative estimate of drug-likeness (QED) is 0.593. The highest BCUT2D eigenvalue weighted by Gasteiger charge is 2.51. The molecule has 0 bridgehead atoms. The van der Waals surface area contributed by atoms with Crippen LogP contribution in [-0.2, 0) is 16.9 Å². The molecule has 1 unspecified atom stereocenters. The van der Waals surface area contributed by atoms with Crippen LogP contribution in [-0.4, -0.2) is 28.9 Å². The van der Waals surface area contributed by atoms with E-state index in [1.54, 1.807) is 43.5 Å². The molecule has 1 saturated heterocycles. The molecule has 4 rings (SSSR count). The summed E-state index contributed by atoms with van der Waals surface area (Å²) < 4.78 is 10.7. The van der Waals surface area contributed by atoms with Crippen LogP contribution in [0.1, 0.15) is 24.6 Å². The van der Waals surface area contributed by atoms with E-state index in [4.69, 9.17) is 20.8 Å². The van der Waals surface area contributed by atoms with Gasteiger partial charge in [0.2, 0.25) is 5.89 Å². The third-order valence-electron chi connectivity index (χ3n) is 5.26. The lowest BCUT2D eigenvalue weighted by Crippen LogP contribution is -2.43. The van der Waals surface area contributed by atoms with Crippen LogP contribution in [0.2, 0.25) is 5.02 Å². The fourth-order valence-corrected chi connectivity index (χ4v) is 3.80. The molecule has 0 spiro atoms. The molecule has 1 aliphatic heterocycles. The normalized spacial score (nSPS) is 18.6. The molecule has 1 atom stereocenters. The standard InChI is InChI=1S/C22H20ClN3O4/c1-3-22(14-8-10-16(29-2)11-9-14)20(27)26(21(28)25-22)12-15-13-30-19(24-15)17-6-4-5-7-18(17)23/h4-11,13H,3,12H2,1-2H3,(H,25,28). The Balaban J connectivity index is 1.59. The molecule has 3 aromatic rings. The number of halogens is 1. The minimum Gasteiger partial charge on any atom is -0.497 e. The summed E-state index contributed by atoms with van der Waals surface area (Å²) in [5.41, 5.74) is 0.668. The molecule has 8 heteroatoms. The first kappa shape index (κ1) is 20.0. The number of nitrogens with one attached hydrogen (secondary N) is 1. The van der Waals surface area contributed by atoms with Gasteiger partial charge in [0.1, 0.15) is 17.6 Å². The predicted octanol–water partition coefficient (Wildman–Crippen LogP) is 4.36. The predicted molar refractivity (Wildman–Crippen MR) is 111 cm³/mol. The number of benzene rings is 2. The molecule has 7 nitrogen and oxygen atoms in total. The zero-order valence-corrected chi connectivity index (χ0v) is 17.3. The van der Waals surface area contributed by atoms with Gasteiger partial charge in [0.15, 0.2) is 0 Å². The number of amides is 3. The first-order valence-electron chi connectivity index (χ1n) is 9.46. The van der Waals surface area contributed by atoms with E-state index in [1.807, 2.05) is 19.1 Å². The van der Waals surface area contributed by atoms with E-state index < -0.39 is 11.6 Å². The summed E-state index contributed by atoms with van der Waals surface area (Å²) in [6, 6.07) is 13.8. The smallest absolute Gasteiger partial charge is 0.325 e. The molecule has 2 aromatic carbocycles. The van der Waals surface area contributed by atoms with Gasteiger partial charge in [-0.1, -0.05) is 42.8 Å². The third kappa shape index (κ3) is 3.31. The second-order valence-corrected chi connectivity index (χ2v) is 7.34. The van der Waals surface area contributed by atoms with Gasteiger partial charge in [-0.3, -0.25) is 9.69 Å². The number of oxazole rings is 1. The average Bonchev–Trinajstić information content (AvgIpc) is 3.33. The van der Waals surface area contributed by atoms with Crippen LogP contribution in [0.25, 0.3) is 11.5 Å². The summed E-state index contributed by atoms with van der Waals surface area (Å²) >= 11 is 6.19. The van der Waals surface area contributed by atoms with Crippen molar-refractivity contribution >= 4 is 23.5 Å². The molecule has 0 saturated carbocycles. The van der Waals surface area contributed by atoms with E-state index in [0.717, 1.165) is 4.90 Å². The SMILES string of the molecule is CCC1(c2ccc(OC)cc2)NC(=O)N(Cc2coc(-c3ccccc3Cl)n2)C1=O. The summed E-state index contributed by atoms with van der Waals surface area (Å²) in [5.74, 6) is 0.676.